The molecule has 1 heterocycles. The molecule has 1 aliphatic heterocycles. The molecule has 0 spiro atoms. The van der Waals surface area contributed by atoms with E-state index in [1.807, 2.05) is 0 Å². The van der Waals surface area contributed by atoms with Crippen molar-refractivity contribution in [3.05, 3.63) is 34.9 Å². The minimum Gasteiger partial charge on any atom is -0.481 e. The van der Waals surface area contributed by atoms with Crippen molar-refractivity contribution in [3.63, 3.8) is 0 Å². The quantitative estimate of drug-likeness (QED) is 0.833. The summed E-state index contributed by atoms with van der Waals surface area (Å²) >= 11 is 7.38. The first-order chi connectivity index (χ1) is 12.0. The lowest BCUT2D eigenvalue weighted by atomic mass is 10.1. The third kappa shape index (κ3) is 4.10. The van der Waals surface area contributed by atoms with Crippen molar-refractivity contribution >= 4 is 41.1 Å². The summed E-state index contributed by atoms with van der Waals surface area (Å²) in [5.41, 5.74) is 0.497. The van der Waals surface area contributed by atoms with Gasteiger partial charge in [-0.2, -0.15) is 0 Å². The fourth-order valence-corrected chi connectivity index (χ4v) is 4.53. The van der Waals surface area contributed by atoms with Gasteiger partial charge >= 0.3 is 5.97 Å². The van der Waals surface area contributed by atoms with Gasteiger partial charge in [0.25, 0.3) is 5.91 Å². The average molecular weight is 383 g/mol. The number of nitrogens with one attached hydrogen (secondary N) is 1. The van der Waals surface area contributed by atoms with Crippen molar-refractivity contribution in [1.29, 1.82) is 0 Å². The lowest BCUT2D eigenvalue weighted by Crippen LogP contribution is -2.49. The number of benzene rings is 1. The zero-order chi connectivity index (χ0) is 18.0. The second kappa shape index (κ2) is 7.66. The molecule has 2 amide bonds. The summed E-state index contributed by atoms with van der Waals surface area (Å²) in [4.78, 5) is 37.9. The Labute approximate surface area is 154 Å². The third-order valence-corrected chi connectivity index (χ3v) is 5.93. The summed E-state index contributed by atoms with van der Waals surface area (Å²) in [6, 6.07) is 5.94. The Balaban J connectivity index is 1.63. The fraction of sp³-hybridized carbons (Fsp3) is 0.471. The number of carboxylic acids is 1. The van der Waals surface area contributed by atoms with Crippen molar-refractivity contribution in [2.45, 2.75) is 31.3 Å². The van der Waals surface area contributed by atoms with Crippen LogP contribution < -0.4 is 5.32 Å². The van der Waals surface area contributed by atoms with Crippen LogP contribution in [0.25, 0.3) is 0 Å². The minimum atomic E-state index is -0.812. The molecule has 1 aromatic rings. The predicted molar refractivity (Wildman–Crippen MR) is 95.6 cm³/mol. The number of halogens is 1. The molecule has 3 atom stereocenters. The second-order valence-electron chi connectivity index (χ2n) is 6.35. The van der Waals surface area contributed by atoms with Gasteiger partial charge in [-0.05, 0) is 43.5 Å². The topological polar surface area (TPSA) is 86.7 Å². The minimum absolute atomic E-state index is 0.133. The number of aliphatic carboxylic acids is 1. The number of rotatable bonds is 4. The highest BCUT2D eigenvalue weighted by Crippen LogP contribution is 2.28. The maximum Gasteiger partial charge on any atom is 0.306 e. The van der Waals surface area contributed by atoms with Crippen LogP contribution in [-0.2, 0) is 9.59 Å². The summed E-state index contributed by atoms with van der Waals surface area (Å²) in [6.45, 7) is 0. The Morgan fingerprint density at radius 2 is 1.92 bits per heavy atom. The van der Waals surface area contributed by atoms with E-state index in [9.17, 15) is 14.4 Å². The van der Waals surface area contributed by atoms with Crippen LogP contribution in [0.2, 0.25) is 5.02 Å². The zero-order valence-corrected chi connectivity index (χ0v) is 15.1. The molecule has 1 aliphatic carbocycles. The first kappa shape index (κ1) is 18.1. The Morgan fingerprint density at radius 3 is 2.56 bits per heavy atom. The van der Waals surface area contributed by atoms with Crippen LogP contribution in [0.5, 0.6) is 0 Å². The molecule has 134 valence electrons. The van der Waals surface area contributed by atoms with E-state index in [0.717, 1.165) is 0 Å². The molecule has 1 saturated heterocycles. The largest absolute Gasteiger partial charge is 0.481 e. The van der Waals surface area contributed by atoms with Crippen LogP contribution in [0.15, 0.2) is 24.3 Å². The van der Waals surface area contributed by atoms with Crippen LogP contribution >= 0.6 is 23.4 Å². The van der Waals surface area contributed by atoms with Gasteiger partial charge in [0.1, 0.15) is 6.04 Å². The van der Waals surface area contributed by atoms with Crippen LogP contribution in [0.4, 0.5) is 0 Å². The third-order valence-electron chi connectivity index (χ3n) is 4.67. The number of hydrogen-bond acceptors (Lipinski definition) is 4. The second-order valence-corrected chi connectivity index (χ2v) is 7.79. The standard InChI is InChI=1S/C17H19ClN2O4S/c18-12-4-1-10(2-5-12)16(22)20-9-25-8-14(20)15(21)19-13-6-3-11(7-13)17(23)24/h1-2,4-5,11,13-14H,3,6-9H2,(H,19,21)(H,23,24)/t11-,13+,14?/m1/s1. The number of nitrogens with zero attached hydrogens (tertiary/aromatic N) is 1. The molecule has 0 aromatic heterocycles. The fourth-order valence-electron chi connectivity index (χ4n) is 3.25. The Hall–Kier alpha value is -1.73. The predicted octanol–water partition coefficient (Wildman–Crippen LogP) is 2.22. The zero-order valence-electron chi connectivity index (χ0n) is 13.5. The lowest BCUT2D eigenvalue weighted by Gasteiger charge is -2.24. The highest BCUT2D eigenvalue weighted by atomic mass is 35.5. The van der Waals surface area contributed by atoms with Crippen molar-refractivity contribution in [1.82, 2.24) is 10.2 Å². The van der Waals surface area contributed by atoms with Gasteiger partial charge in [-0.15, -0.1) is 11.8 Å². The van der Waals surface area contributed by atoms with Crippen molar-refractivity contribution in [2.75, 3.05) is 11.6 Å². The van der Waals surface area contributed by atoms with Crippen LogP contribution in [0, 0.1) is 5.92 Å². The summed E-state index contributed by atoms with van der Waals surface area (Å²) in [6.07, 6.45) is 1.69. The molecule has 6 nitrogen and oxygen atoms in total. The molecule has 1 saturated carbocycles. The lowest BCUT2D eigenvalue weighted by molar-refractivity contribution is -0.141. The van der Waals surface area contributed by atoms with Gasteiger partial charge in [-0.25, -0.2) is 0 Å². The molecule has 25 heavy (non-hydrogen) atoms. The van der Waals surface area contributed by atoms with Gasteiger partial charge in [0.15, 0.2) is 0 Å². The van der Waals surface area contributed by atoms with Crippen LogP contribution in [-0.4, -0.2) is 51.5 Å². The van der Waals surface area contributed by atoms with Crippen molar-refractivity contribution < 1.29 is 19.5 Å². The maximum atomic E-state index is 12.7. The number of hydrogen-bond donors (Lipinski definition) is 2. The molecule has 2 aliphatic rings. The van der Waals surface area contributed by atoms with E-state index in [0.29, 0.717) is 41.5 Å². The van der Waals surface area contributed by atoms with Gasteiger partial charge in [-0.1, -0.05) is 11.6 Å². The van der Waals surface area contributed by atoms with Crippen molar-refractivity contribution in [3.8, 4) is 0 Å². The molecule has 8 heteroatoms. The van der Waals surface area contributed by atoms with E-state index in [-0.39, 0.29) is 17.9 Å². The molecule has 1 unspecified atom stereocenters. The van der Waals surface area contributed by atoms with E-state index in [1.165, 1.54) is 11.8 Å². The summed E-state index contributed by atoms with van der Waals surface area (Å²) in [5.74, 6) is -0.606. The first-order valence-electron chi connectivity index (χ1n) is 8.13. The van der Waals surface area contributed by atoms with E-state index >= 15 is 0 Å². The molecular weight excluding hydrogens is 364 g/mol. The monoisotopic (exact) mass is 382 g/mol. The molecule has 0 bridgehead atoms. The molecule has 2 N–H and O–H groups in total. The van der Waals surface area contributed by atoms with Crippen LogP contribution in [0.3, 0.4) is 0 Å². The van der Waals surface area contributed by atoms with Crippen LogP contribution in [0.1, 0.15) is 29.6 Å². The molecule has 2 fully saturated rings. The van der Waals surface area contributed by atoms with E-state index < -0.39 is 17.9 Å². The number of thioether (sulfide) groups is 1. The van der Waals surface area contributed by atoms with E-state index in [2.05, 4.69) is 5.32 Å². The van der Waals surface area contributed by atoms with Gasteiger partial charge in [0.2, 0.25) is 5.91 Å². The first-order valence-corrected chi connectivity index (χ1v) is 9.66. The van der Waals surface area contributed by atoms with E-state index in [1.54, 1.807) is 29.2 Å². The Bertz CT molecular complexity index is 682. The normalized spacial score (nSPS) is 25.8. The number of amides is 2. The van der Waals surface area contributed by atoms with Gasteiger partial charge in [0, 0.05) is 22.4 Å². The summed E-state index contributed by atoms with van der Waals surface area (Å²) < 4.78 is 0. The molecule has 0 radical (unpaired) electrons. The number of carboxylic acid groups (broad SMARTS) is 1. The highest BCUT2D eigenvalue weighted by molar-refractivity contribution is 7.99. The summed E-state index contributed by atoms with van der Waals surface area (Å²) in [5, 5.41) is 12.5. The smallest absolute Gasteiger partial charge is 0.306 e. The molecule has 1 aromatic carbocycles. The highest BCUT2D eigenvalue weighted by Gasteiger charge is 2.37. The number of carbonyl (C=O) groups excluding carboxylic acids is 2. The number of carbonyl (C=O) groups is 3. The van der Waals surface area contributed by atoms with E-state index in [4.69, 9.17) is 16.7 Å². The maximum absolute atomic E-state index is 12.7. The SMILES string of the molecule is O=C(N[C@H]1CC[C@@H](C(=O)O)C1)C1CSCN1C(=O)c1ccc(Cl)cc1. The molecular formula is C17H19ClN2O4S. The average Bonchev–Trinajstić information content (AvgIpc) is 3.24. The van der Waals surface area contributed by atoms with Gasteiger partial charge in [-0.3, -0.25) is 14.4 Å². The molecule has 3 rings (SSSR count). The summed E-state index contributed by atoms with van der Waals surface area (Å²) in [7, 11) is 0. The Morgan fingerprint density at radius 1 is 1.20 bits per heavy atom. The Kier molecular flexibility index (Phi) is 5.54. The van der Waals surface area contributed by atoms with Crippen molar-refractivity contribution in [2.24, 2.45) is 5.92 Å². The van der Waals surface area contributed by atoms with Gasteiger partial charge in [0.05, 0.1) is 11.8 Å². The van der Waals surface area contributed by atoms with Gasteiger partial charge < -0.3 is 15.3 Å².